The van der Waals surface area contributed by atoms with Gasteiger partial charge in [0.15, 0.2) is 0 Å². The highest BCUT2D eigenvalue weighted by molar-refractivity contribution is 5.82. The molecular weight excluding hydrogens is 260 g/mol. The third kappa shape index (κ3) is 3.23. The molecule has 2 amide bonds. The number of ether oxygens (including phenoxy) is 1. The monoisotopic (exact) mass is 286 g/mol. The smallest absolute Gasteiger partial charge is 0.326 e. The summed E-state index contributed by atoms with van der Waals surface area (Å²) in [7, 11) is 1.52. The zero-order valence-corrected chi connectivity index (χ0v) is 13.0. The molecule has 0 aromatic carbocycles. The minimum atomic E-state index is -0.981. The molecule has 6 nitrogen and oxygen atoms in total. The predicted octanol–water partition coefficient (Wildman–Crippen LogP) is 1.69. The number of hydrogen-bond donors (Lipinski definition) is 2. The van der Waals surface area contributed by atoms with E-state index >= 15 is 0 Å². The molecule has 1 rings (SSSR count). The first-order valence-corrected chi connectivity index (χ1v) is 7.13. The summed E-state index contributed by atoms with van der Waals surface area (Å²) < 4.78 is 5.61. The lowest BCUT2D eigenvalue weighted by molar-refractivity contribution is -0.142. The first-order chi connectivity index (χ1) is 9.25. The largest absolute Gasteiger partial charge is 0.480 e. The van der Waals surface area contributed by atoms with Gasteiger partial charge in [-0.25, -0.2) is 9.59 Å². The second kappa shape index (κ2) is 6.43. The van der Waals surface area contributed by atoms with E-state index in [4.69, 9.17) is 9.84 Å². The van der Waals surface area contributed by atoms with Gasteiger partial charge in [-0.05, 0) is 19.8 Å². The van der Waals surface area contributed by atoms with Gasteiger partial charge in [-0.3, -0.25) is 0 Å². The summed E-state index contributed by atoms with van der Waals surface area (Å²) in [5.41, 5.74) is -0.128. The van der Waals surface area contributed by atoms with E-state index in [1.807, 2.05) is 6.92 Å². The van der Waals surface area contributed by atoms with Gasteiger partial charge in [0.25, 0.3) is 0 Å². The minimum absolute atomic E-state index is 0.0142. The van der Waals surface area contributed by atoms with Gasteiger partial charge in [-0.2, -0.15) is 0 Å². The lowest BCUT2D eigenvalue weighted by Crippen LogP contribution is -2.64. The van der Waals surface area contributed by atoms with Crippen molar-refractivity contribution in [3.05, 3.63) is 0 Å². The molecule has 0 radical (unpaired) electrons. The topological polar surface area (TPSA) is 78.9 Å². The molecule has 0 aliphatic heterocycles. The number of amides is 2. The van der Waals surface area contributed by atoms with Crippen molar-refractivity contribution in [2.75, 3.05) is 13.7 Å². The summed E-state index contributed by atoms with van der Waals surface area (Å²) in [5.74, 6) is -0.981. The Morgan fingerprint density at radius 1 is 1.45 bits per heavy atom. The van der Waals surface area contributed by atoms with Crippen molar-refractivity contribution in [2.24, 2.45) is 5.41 Å². The number of carbonyl (C=O) groups excluding carboxylic acids is 1. The highest BCUT2D eigenvalue weighted by Gasteiger charge is 2.50. The van der Waals surface area contributed by atoms with Crippen molar-refractivity contribution in [3.8, 4) is 0 Å². The Bertz CT molecular complexity index is 370. The molecule has 0 spiro atoms. The zero-order chi connectivity index (χ0) is 15.5. The normalized spacial score (nSPS) is 25.4. The van der Waals surface area contributed by atoms with Crippen LogP contribution in [0.4, 0.5) is 4.79 Å². The van der Waals surface area contributed by atoms with Gasteiger partial charge in [-0.1, -0.05) is 20.8 Å². The Balaban J connectivity index is 2.58. The molecule has 1 aliphatic rings. The van der Waals surface area contributed by atoms with Crippen LogP contribution in [-0.2, 0) is 9.53 Å². The number of nitrogens with one attached hydrogen (secondary N) is 1. The Morgan fingerprint density at radius 2 is 2.05 bits per heavy atom. The van der Waals surface area contributed by atoms with E-state index in [9.17, 15) is 9.59 Å². The number of hydrogen-bond acceptors (Lipinski definition) is 3. The number of carbonyl (C=O) groups is 2. The second-order valence-electron chi connectivity index (χ2n) is 5.88. The van der Waals surface area contributed by atoms with Crippen molar-refractivity contribution in [3.63, 3.8) is 0 Å². The van der Waals surface area contributed by atoms with Crippen LogP contribution in [0.25, 0.3) is 0 Å². The summed E-state index contributed by atoms with van der Waals surface area (Å²) in [4.78, 5) is 24.4. The minimum Gasteiger partial charge on any atom is -0.480 e. The molecule has 0 heterocycles. The van der Waals surface area contributed by atoms with Crippen LogP contribution >= 0.6 is 0 Å². The van der Waals surface area contributed by atoms with E-state index in [0.717, 1.165) is 6.42 Å². The molecule has 3 atom stereocenters. The second-order valence-corrected chi connectivity index (χ2v) is 5.88. The molecule has 1 saturated carbocycles. The van der Waals surface area contributed by atoms with Gasteiger partial charge in [-0.15, -0.1) is 0 Å². The van der Waals surface area contributed by atoms with E-state index < -0.39 is 12.0 Å². The van der Waals surface area contributed by atoms with Gasteiger partial charge < -0.3 is 20.1 Å². The number of urea groups is 1. The molecule has 1 fully saturated rings. The first-order valence-electron chi connectivity index (χ1n) is 7.13. The standard InChI is InChI=1S/C14H26N2O4/c1-6-9(12(17)18)16(5)13(19)15-10-8-11(20-7-2)14(10,3)4/h9-11H,6-8H2,1-5H3,(H,15,19)(H,17,18). The molecule has 0 bridgehead atoms. The van der Waals surface area contributed by atoms with Crippen LogP contribution in [0.1, 0.15) is 40.5 Å². The molecular formula is C14H26N2O4. The van der Waals surface area contributed by atoms with E-state index in [-0.39, 0.29) is 23.6 Å². The Morgan fingerprint density at radius 3 is 2.45 bits per heavy atom. The number of aliphatic carboxylic acids is 1. The fraction of sp³-hybridized carbons (Fsp3) is 0.857. The van der Waals surface area contributed by atoms with Crippen molar-refractivity contribution in [2.45, 2.75) is 58.7 Å². The van der Waals surface area contributed by atoms with Crippen molar-refractivity contribution < 1.29 is 19.4 Å². The van der Waals surface area contributed by atoms with Crippen molar-refractivity contribution >= 4 is 12.0 Å². The van der Waals surface area contributed by atoms with E-state index in [0.29, 0.717) is 13.0 Å². The summed E-state index contributed by atoms with van der Waals surface area (Å²) >= 11 is 0. The lowest BCUT2D eigenvalue weighted by atomic mass is 9.64. The van der Waals surface area contributed by atoms with Crippen LogP contribution in [0.15, 0.2) is 0 Å². The number of likely N-dealkylation sites (N-methyl/N-ethyl adjacent to an activating group) is 1. The molecule has 6 heteroatoms. The summed E-state index contributed by atoms with van der Waals surface area (Å²) in [6, 6.07) is -1.12. The molecule has 20 heavy (non-hydrogen) atoms. The van der Waals surface area contributed by atoms with Gasteiger partial charge in [0, 0.05) is 25.1 Å². The molecule has 0 aromatic heterocycles. The molecule has 0 aromatic rings. The van der Waals surface area contributed by atoms with E-state index in [2.05, 4.69) is 19.2 Å². The molecule has 1 aliphatic carbocycles. The van der Waals surface area contributed by atoms with Gasteiger partial charge in [0.2, 0.25) is 0 Å². The third-order valence-corrected chi connectivity index (χ3v) is 4.30. The first kappa shape index (κ1) is 16.8. The number of rotatable bonds is 6. The molecule has 2 N–H and O–H groups in total. The van der Waals surface area contributed by atoms with Gasteiger partial charge >= 0.3 is 12.0 Å². The predicted molar refractivity (Wildman–Crippen MR) is 75.6 cm³/mol. The van der Waals surface area contributed by atoms with Gasteiger partial charge in [0.1, 0.15) is 6.04 Å². The average Bonchev–Trinajstić information content (AvgIpc) is 2.37. The number of nitrogens with zero attached hydrogens (tertiary/aromatic N) is 1. The fourth-order valence-corrected chi connectivity index (χ4v) is 2.62. The quantitative estimate of drug-likeness (QED) is 0.779. The number of carboxylic acid groups (broad SMARTS) is 1. The van der Waals surface area contributed by atoms with Crippen molar-refractivity contribution in [1.82, 2.24) is 10.2 Å². The highest BCUT2D eigenvalue weighted by atomic mass is 16.5. The van der Waals surface area contributed by atoms with Crippen LogP contribution in [0.2, 0.25) is 0 Å². The van der Waals surface area contributed by atoms with Crippen LogP contribution < -0.4 is 5.32 Å². The van der Waals surface area contributed by atoms with Crippen LogP contribution in [0.5, 0.6) is 0 Å². The fourth-order valence-electron chi connectivity index (χ4n) is 2.62. The maximum atomic E-state index is 12.1. The van der Waals surface area contributed by atoms with E-state index in [1.54, 1.807) is 6.92 Å². The SMILES string of the molecule is CCOC1CC(NC(=O)N(C)C(CC)C(=O)O)C1(C)C. The molecule has 0 saturated heterocycles. The summed E-state index contributed by atoms with van der Waals surface area (Å²) in [6.45, 7) is 8.47. The Hall–Kier alpha value is -1.30. The highest BCUT2D eigenvalue weighted by Crippen LogP contribution is 2.42. The molecule has 116 valence electrons. The average molecular weight is 286 g/mol. The summed E-state index contributed by atoms with van der Waals surface area (Å²) in [5, 5.41) is 12.0. The number of carboxylic acids is 1. The van der Waals surface area contributed by atoms with Crippen LogP contribution in [0, 0.1) is 5.41 Å². The Kier molecular flexibility index (Phi) is 5.39. The van der Waals surface area contributed by atoms with Crippen LogP contribution in [0.3, 0.4) is 0 Å². The molecule has 3 unspecified atom stereocenters. The maximum absolute atomic E-state index is 12.1. The van der Waals surface area contributed by atoms with Crippen LogP contribution in [-0.4, -0.2) is 53.8 Å². The third-order valence-electron chi connectivity index (χ3n) is 4.30. The zero-order valence-electron chi connectivity index (χ0n) is 13.0. The Labute approximate surface area is 120 Å². The van der Waals surface area contributed by atoms with Gasteiger partial charge in [0.05, 0.1) is 6.10 Å². The lowest BCUT2D eigenvalue weighted by Gasteiger charge is -2.51. The van der Waals surface area contributed by atoms with Crippen molar-refractivity contribution in [1.29, 1.82) is 0 Å². The summed E-state index contributed by atoms with van der Waals surface area (Å²) in [6.07, 6.45) is 1.30. The maximum Gasteiger partial charge on any atom is 0.326 e. The van der Waals surface area contributed by atoms with E-state index in [1.165, 1.54) is 11.9 Å².